The lowest BCUT2D eigenvalue weighted by atomic mass is 10.1. The lowest BCUT2D eigenvalue weighted by molar-refractivity contribution is 0.117. The first-order valence-corrected chi connectivity index (χ1v) is 15.0. The van der Waals surface area contributed by atoms with Crippen molar-refractivity contribution in [2.45, 2.75) is 36.4 Å². The molecule has 3 unspecified atom stereocenters. The quantitative estimate of drug-likeness (QED) is 0.299. The van der Waals surface area contributed by atoms with Gasteiger partial charge in [0.25, 0.3) is 5.03 Å². The molecule has 1 amide bonds. The molecular weight excluding hydrogens is 564 g/mol. The van der Waals surface area contributed by atoms with Crippen molar-refractivity contribution in [1.29, 1.82) is 0 Å². The number of rotatable bonds is 4. The smallest absolute Gasteiger partial charge is 0.410 e. The van der Waals surface area contributed by atoms with E-state index in [-0.39, 0.29) is 38.4 Å². The molecule has 2 fully saturated rings. The van der Waals surface area contributed by atoms with E-state index in [2.05, 4.69) is 19.9 Å². The number of carbonyl (C=O) groups excluding carboxylic acids is 1. The minimum absolute atomic E-state index is 0.0169. The zero-order chi connectivity index (χ0) is 27.4. The van der Waals surface area contributed by atoms with E-state index in [9.17, 15) is 9.35 Å². The van der Waals surface area contributed by atoms with Gasteiger partial charge in [-0.2, -0.15) is 4.98 Å². The van der Waals surface area contributed by atoms with Gasteiger partial charge in [-0.1, -0.05) is 35.3 Å². The monoisotopic (exact) mass is 589 g/mol. The molecule has 0 bridgehead atoms. The third-order valence-corrected chi connectivity index (χ3v) is 9.32. The SMILES string of the molecule is COC(=O)N1CCCC1c1cc2c([S+](C)[O-])nc3c(F)c(-c4cccc(Cl)c4Cl)ncc3c2n1C1CCNC1. The molecule has 1 N–H and O–H groups in total. The molecule has 3 atom stereocenters. The Hall–Kier alpha value is -2.63. The Morgan fingerprint density at radius 3 is 2.82 bits per heavy atom. The number of aromatic nitrogens is 3. The Morgan fingerprint density at radius 2 is 2.10 bits per heavy atom. The van der Waals surface area contributed by atoms with E-state index >= 15 is 4.39 Å². The first kappa shape index (κ1) is 26.6. The van der Waals surface area contributed by atoms with Crippen molar-refractivity contribution in [2.24, 2.45) is 0 Å². The molecule has 6 rings (SSSR count). The summed E-state index contributed by atoms with van der Waals surface area (Å²) in [6.07, 6.45) is 5.17. The molecule has 2 aliphatic heterocycles. The molecule has 0 spiro atoms. The molecule has 2 aliphatic rings. The summed E-state index contributed by atoms with van der Waals surface area (Å²) in [7, 11) is 1.38. The Labute approximate surface area is 237 Å². The fraction of sp³-hybridized carbons (Fsp3) is 0.370. The number of fused-ring (bicyclic) bond motifs is 3. The highest BCUT2D eigenvalue weighted by atomic mass is 35.5. The number of carbonyl (C=O) groups is 1. The first-order chi connectivity index (χ1) is 18.8. The number of benzene rings is 1. The molecule has 1 aromatic carbocycles. The van der Waals surface area contributed by atoms with E-state index in [1.807, 2.05) is 6.07 Å². The van der Waals surface area contributed by atoms with Crippen LogP contribution in [0.15, 0.2) is 35.5 Å². The van der Waals surface area contributed by atoms with E-state index < -0.39 is 23.1 Å². The second kappa shape index (κ2) is 10.4. The molecule has 4 aromatic rings. The highest BCUT2D eigenvalue weighted by molar-refractivity contribution is 7.90. The summed E-state index contributed by atoms with van der Waals surface area (Å²) in [5.74, 6) is -0.666. The van der Waals surface area contributed by atoms with Gasteiger partial charge in [-0.15, -0.1) is 0 Å². The van der Waals surface area contributed by atoms with Gasteiger partial charge in [0.1, 0.15) is 17.5 Å². The van der Waals surface area contributed by atoms with Crippen LogP contribution >= 0.6 is 23.2 Å². The normalized spacial score (nSPS) is 20.3. The number of amides is 1. The van der Waals surface area contributed by atoms with Crippen LogP contribution in [0.1, 0.15) is 37.0 Å². The van der Waals surface area contributed by atoms with Crippen molar-refractivity contribution < 1.29 is 18.5 Å². The summed E-state index contributed by atoms with van der Waals surface area (Å²) >= 11 is 11.1. The molecule has 0 radical (unpaired) electrons. The van der Waals surface area contributed by atoms with Gasteiger partial charge >= 0.3 is 6.09 Å². The molecule has 8 nitrogen and oxygen atoms in total. The number of ether oxygens (including phenoxy) is 1. The van der Waals surface area contributed by atoms with Crippen LogP contribution in [0, 0.1) is 5.82 Å². The Kier molecular flexibility index (Phi) is 7.09. The largest absolute Gasteiger partial charge is 0.610 e. The number of nitrogens with one attached hydrogen (secondary N) is 1. The van der Waals surface area contributed by atoms with Crippen LogP contribution in [0.5, 0.6) is 0 Å². The van der Waals surface area contributed by atoms with E-state index in [4.69, 9.17) is 27.9 Å². The van der Waals surface area contributed by atoms with Crippen molar-refractivity contribution in [3.8, 4) is 11.3 Å². The van der Waals surface area contributed by atoms with Crippen LogP contribution in [-0.4, -0.2) is 63.1 Å². The maximum absolute atomic E-state index is 16.3. The maximum atomic E-state index is 16.3. The minimum Gasteiger partial charge on any atom is -0.610 e. The summed E-state index contributed by atoms with van der Waals surface area (Å²) < 4.78 is 36.5. The molecule has 3 aromatic heterocycles. The van der Waals surface area contributed by atoms with Gasteiger partial charge < -0.3 is 19.2 Å². The number of nitrogens with zero attached hydrogens (tertiary/aromatic N) is 4. The number of methoxy groups -OCH3 is 1. The van der Waals surface area contributed by atoms with Gasteiger partial charge in [-0.05, 0) is 37.9 Å². The lowest BCUT2D eigenvalue weighted by Gasteiger charge is -2.27. The number of likely N-dealkylation sites (tertiary alicyclic amines) is 1. The molecule has 5 heterocycles. The third-order valence-electron chi connectivity index (χ3n) is 7.64. The summed E-state index contributed by atoms with van der Waals surface area (Å²) in [5.41, 5.74) is 2.02. The average Bonchev–Trinajstić information content (AvgIpc) is 3.69. The standard InChI is InChI=1S/C27H26Cl2FN5O3S/c1-38-27(36)34-10-4-7-19(34)20-11-16-25(35(20)14-8-9-31-12-14)17-13-32-23(15-5-3-6-18(28)21(15)29)22(30)24(17)33-26(16)39(2)37/h3,5-6,11,13-14,19,31H,4,7-10,12H2,1-2H3. The third kappa shape index (κ3) is 4.33. The number of halogens is 3. The van der Waals surface area contributed by atoms with Crippen LogP contribution in [0.2, 0.25) is 10.0 Å². The van der Waals surface area contributed by atoms with Crippen molar-refractivity contribution >= 4 is 62.3 Å². The van der Waals surface area contributed by atoms with E-state index in [1.165, 1.54) is 13.4 Å². The molecular formula is C27H26Cl2FN5O3S. The van der Waals surface area contributed by atoms with Gasteiger partial charge in [0.2, 0.25) is 0 Å². The Balaban J connectivity index is 1.67. The van der Waals surface area contributed by atoms with Crippen LogP contribution in [0.25, 0.3) is 33.1 Å². The Morgan fingerprint density at radius 1 is 1.28 bits per heavy atom. The van der Waals surface area contributed by atoms with Gasteiger partial charge in [-0.25, -0.2) is 9.18 Å². The van der Waals surface area contributed by atoms with Crippen molar-refractivity contribution in [3.63, 3.8) is 0 Å². The van der Waals surface area contributed by atoms with Crippen LogP contribution in [0.3, 0.4) is 0 Å². The second-order valence-electron chi connectivity index (χ2n) is 9.83. The topological polar surface area (TPSA) is 95.3 Å². The minimum atomic E-state index is -1.52. The van der Waals surface area contributed by atoms with Crippen molar-refractivity contribution in [2.75, 3.05) is 33.0 Å². The van der Waals surface area contributed by atoms with Gasteiger partial charge in [-0.3, -0.25) is 9.88 Å². The first-order valence-electron chi connectivity index (χ1n) is 12.7. The number of hydrogen-bond acceptors (Lipinski definition) is 6. The van der Waals surface area contributed by atoms with Crippen molar-refractivity contribution in [3.05, 3.63) is 52.0 Å². The fourth-order valence-electron chi connectivity index (χ4n) is 5.92. The van der Waals surface area contributed by atoms with E-state index in [0.717, 1.165) is 31.5 Å². The highest BCUT2D eigenvalue weighted by Crippen LogP contribution is 2.43. The molecule has 12 heteroatoms. The predicted molar refractivity (Wildman–Crippen MR) is 150 cm³/mol. The number of pyridine rings is 2. The van der Waals surface area contributed by atoms with Crippen LogP contribution in [0.4, 0.5) is 9.18 Å². The predicted octanol–water partition coefficient (Wildman–Crippen LogP) is 5.87. The zero-order valence-electron chi connectivity index (χ0n) is 21.3. The Bertz CT molecular complexity index is 1610. The van der Waals surface area contributed by atoms with Crippen LogP contribution in [-0.2, 0) is 15.9 Å². The van der Waals surface area contributed by atoms with Crippen molar-refractivity contribution in [1.82, 2.24) is 24.8 Å². The van der Waals surface area contributed by atoms with Crippen LogP contribution < -0.4 is 5.32 Å². The van der Waals surface area contributed by atoms with E-state index in [1.54, 1.807) is 29.3 Å². The summed E-state index contributed by atoms with van der Waals surface area (Å²) in [5, 5.41) is 5.33. The fourth-order valence-corrected chi connectivity index (χ4v) is 6.99. The highest BCUT2D eigenvalue weighted by Gasteiger charge is 2.37. The molecule has 2 saturated heterocycles. The maximum Gasteiger partial charge on any atom is 0.410 e. The number of hydrogen-bond donors (Lipinski definition) is 1. The van der Waals surface area contributed by atoms with Gasteiger partial charge in [0, 0.05) is 53.1 Å². The lowest BCUT2D eigenvalue weighted by Crippen LogP contribution is -2.32. The van der Waals surface area contributed by atoms with Gasteiger partial charge in [0.05, 0.1) is 34.1 Å². The summed E-state index contributed by atoms with van der Waals surface area (Å²) in [6.45, 7) is 2.12. The molecule has 0 saturated carbocycles. The van der Waals surface area contributed by atoms with E-state index in [0.29, 0.717) is 34.9 Å². The molecule has 204 valence electrons. The molecule has 39 heavy (non-hydrogen) atoms. The second-order valence-corrected chi connectivity index (χ2v) is 11.9. The van der Waals surface area contributed by atoms with Gasteiger partial charge in [0.15, 0.2) is 5.82 Å². The zero-order valence-corrected chi connectivity index (χ0v) is 23.7. The summed E-state index contributed by atoms with van der Waals surface area (Å²) in [4.78, 5) is 23.4. The summed E-state index contributed by atoms with van der Waals surface area (Å²) in [6, 6.07) is 6.72. The average molecular weight is 591 g/mol. The molecule has 0 aliphatic carbocycles.